The second-order valence-corrected chi connectivity index (χ2v) is 5.00. The molecule has 7 nitrogen and oxygen atoms in total. The molecule has 7 heteroatoms. The maximum atomic E-state index is 11.7. The summed E-state index contributed by atoms with van der Waals surface area (Å²) in [7, 11) is 1.54. The molecule has 1 unspecified atom stereocenters. The lowest BCUT2D eigenvalue weighted by Crippen LogP contribution is -2.15. The van der Waals surface area contributed by atoms with Gasteiger partial charge < -0.3 is 14.6 Å². The number of rotatable bonds is 6. The normalized spacial score (nSPS) is 12.2. The first kappa shape index (κ1) is 16.0. The van der Waals surface area contributed by atoms with Gasteiger partial charge in [-0.2, -0.15) is 0 Å². The van der Waals surface area contributed by atoms with Gasteiger partial charge in [-0.3, -0.25) is 0 Å². The fourth-order valence-corrected chi connectivity index (χ4v) is 1.96. The van der Waals surface area contributed by atoms with Gasteiger partial charge in [-0.05, 0) is 19.9 Å². The Morgan fingerprint density at radius 3 is 2.77 bits per heavy atom. The summed E-state index contributed by atoms with van der Waals surface area (Å²) in [6.45, 7) is 3.66. The van der Waals surface area contributed by atoms with Gasteiger partial charge >= 0.3 is 5.97 Å². The zero-order valence-electron chi connectivity index (χ0n) is 12.8. The fourth-order valence-electron chi connectivity index (χ4n) is 1.96. The molecule has 0 saturated carbocycles. The first-order chi connectivity index (χ1) is 10.5. The lowest BCUT2D eigenvalue weighted by Gasteiger charge is -2.14. The number of carbonyl (C=O) groups is 1. The highest BCUT2D eigenvalue weighted by molar-refractivity contribution is 5.84. The van der Waals surface area contributed by atoms with E-state index in [0.717, 1.165) is 0 Å². The Bertz CT molecular complexity index is 639. The maximum absolute atomic E-state index is 11.7. The summed E-state index contributed by atoms with van der Waals surface area (Å²) in [6, 6.07) is 7.18. The van der Waals surface area contributed by atoms with Crippen LogP contribution in [0.15, 0.2) is 30.6 Å². The lowest BCUT2D eigenvalue weighted by molar-refractivity contribution is 0.0362. The van der Waals surface area contributed by atoms with E-state index < -0.39 is 12.1 Å². The molecule has 1 heterocycles. The van der Waals surface area contributed by atoms with E-state index in [0.29, 0.717) is 11.3 Å². The predicted octanol–water partition coefficient (Wildman–Crippen LogP) is 1.59. The quantitative estimate of drug-likeness (QED) is 0.816. The van der Waals surface area contributed by atoms with Crippen LogP contribution in [-0.2, 0) is 11.3 Å². The first-order valence-electron chi connectivity index (χ1n) is 6.92. The second-order valence-electron chi connectivity index (χ2n) is 5.00. The number of methoxy groups -OCH3 is 1. The van der Waals surface area contributed by atoms with Crippen molar-refractivity contribution in [1.82, 2.24) is 14.8 Å². The maximum Gasteiger partial charge on any atom is 0.378 e. The van der Waals surface area contributed by atoms with Crippen LogP contribution in [0.5, 0.6) is 5.75 Å². The fraction of sp³-hybridized carbons (Fsp3) is 0.400. The zero-order valence-corrected chi connectivity index (χ0v) is 12.8. The minimum atomic E-state index is -0.827. The van der Waals surface area contributed by atoms with Crippen LogP contribution in [0, 0.1) is 0 Å². The molecule has 0 amide bonds. The second kappa shape index (κ2) is 7.04. The standard InChI is InChI=1S/C15H19N3O4/c1-10(2)22-15(20)14-16-9-18(17-14)8-12(19)11-6-4-5-7-13(11)21-3/h4-7,9-10,12,19H,8H2,1-3H3. The molecule has 0 aliphatic rings. The SMILES string of the molecule is COc1ccccc1C(O)Cn1cnc(C(=O)OC(C)C)n1. The predicted molar refractivity (Wildman–Crippen MR) is 78.5 cm³/mol. The number of ether oxygens (including phenoxy) is 2. The van der Waals surface area contributed by atoms with Crippen molar-refractivity contribution in [2.45, 2.75) is 32.6 Å². The van der Waals surface area contributed by atoms with E-state index in [-0.39, 0.29) is 18.5 Å². The molecule has 118 valence electrons. The summed E-state index contributed by atoms with van der Waals surface area (Å²) >= 11 is 0. The Labute approximate surface area is 128 Å². The summed E-state index contributed by atoms with van der Waals surface area (Å²) < 4.78 is 11.6. The van der Waals surface area contributed by atoms with Gasteiger partial charge in [-0.1, -0.05) is 18.2 Å². The number of benzene rings is 1. The molecule has 0 radical (unpaired) electrons. The molecule has 1 atom stereocenters. The largest absolute Gasteiger partial charge is 0.496 e. The smallest absolute Gasteiger partial charge is 0.378 e. The summed E-state index contributed by atoms with van der Waals surface area (Å²) in [5.41, 5.74) is 0.645. The summed E-state index contributed by atoms with van der Waals surface area (Å²) in [5.74, 6) is -0.0176. The Hall–Kier alpha value is -2.41. The molecule has 0 fully saturated rings. The van der Waals surface area contributed by atoms with E-state index in [1.807, 2.05) is 12.1 Å². The molecule has 0 saturated heterocycles. The van der Waals surface area contributed by atoms with Crippen LogP contribution in [0.1, 0.15) is 36.1 Å². The Balaban J connectivity index is 2.08. The van der Waals surface area contributed by atoms with E-state index in [1.165, 1.54) is 11.0 Å². The molecule has 0 bridgehead atoms. The minimum Gasteiger partial charge on any atom is -0.496 e. The number of carbonyl (C=O) groups excluding carboxylic acids is 1. The molecule has 0 spiro atoms. The summed E-state index contributed by atoms with van der Waals surface area (Å²) in [6.07, 6.45) is 0.320. The first-order valence-corrected chi connectivity index (χ1v) is 6.92. The molecular weight excluding hydrogens is 286 g/mol. The number of para-hydroxylation sites is 1. The molecule has 22 heavy (non-hydrogen) atoms. The van der Waals surface area contributed by atoms with E-state index in [4.69, 9.17) is 9.47 Å². The van der Waals surface area contributed by atoms with E-state index in [9.17, 15) is 9.90 Å². The molecule has 1 aromatic heterocycles. The number of aromatic nitrogens is 3. The molecule has 1 N–H and O–H groups in total. The van der Waals surface area contributed by atoms with Crippen molar-refractivity contribution in [3.63, 3.8) is 0 Å². The van der Waals surface area contributed by atoms with Gasteiger partial charge in [0.05, 0.1) is 19.8 Å². The molecular formula is C15H19N3O4. The van der Waals surface area contributed by atoms with Crippen molar-refractivity contribution in [3.05, 3.63) is 42.0 Å². The van der Waals surface area contributed by atoms with Crippen LogP contribution in [0.4, 0.5) is 0 Å². The Kier molecular flexibility index (Phi) is 5.11. The van der Waals surface area contributed by atoms with Gasteiger partial charge in [0.1, 0.15) is 18.2 Å². The van der Waals surface area contributed by atoms with Crippen molar-refractivity contribution in [1.29, 1.82) is 0 Å². The third-order valence-corrected chi connectivity index (χ3v) is 2.92. The Morgan fingerprint density at radius 2 is 2.09 bits per heavy atom. The highest BCUT2D eigenvalue weighted by Gasteiger charge is 2.17. The van der Waals surface area contributed by atoms with E-state index in [2.05, 4.69) is 10.1 Å². The molecule has 2 aromatic rings. The molecule has 0 aliphatic carbocycles. The van der Waals surface area contributed by atoms with Crippen molar-refractivity contribution >= 4 is 5.97 Å². The van der Waals surface area contributed by atoms with Crippen LogP contribution < -0.4 is 4.74 Å². The minimum absolute atomic E-state index is 0.0269. The van der Waals surface area contributed by atoms with E-state index in [1.54, 1.807) is 33.1 Å². The van der Waals surface area contributed by atoms with Gasteiger partial charge in [0.2, 0.25) is 0 Å². The third-order valence-electron chi connectivity index (χ3n) is 2.92. The highest BCUT2D eigenvalue weighted by atomic mass is 16.5. The summed E-state index contributed by atoms with van der Waals surface area (Å²) in [4.78, 5) is 15.6. The molecule has 1 aromatic carbocycles. The number of hydrogen-bond acceptors (Lipinski definition) is 6. The summed E-state index contributed by atoms with van der Waals surface area (Å²) in [5, 5.41) is 14.3. The van der Waals surface area contributed by atoms with Gasteiger partial charge in [0.25, 0.3) is 5.82 Å². The lowest BCUT2D eigenvalue weighted by atomic mass is 10.1. The van der Waals surface area contributed by atoms with Crippen molar-refractivity contribution in [3.8, 4) is 5.75 Å². The van der Waals surface area contributed by atoms with Crippen LogP contribution in [0.2, 0.25) is 0 Å². The van der Waals surface area contributed by atoms with Crippen LogP contribution in [0.3, 0.4) is 0 Å². The van der Waals surface area contributed by atoms with Crippen molar-refractivity contribution in [2.24, 2.45) is 0 Å². The van der Waals surface area contributed by atoms with Gasteiger partial charge in [0.15, 0.2) is 0 Å². The molecule has 0 aliphatic heterocycles. The number of aliphatic hydroxyl groups is 1. The topological polar surface area (TPSA) is 86.5 Å². The zero-order chi connectivity index (χ0) is 16.1. The van der Waals surface area contributed by atoms with Gasteiger partial charge in [-0.15, -0.1) is 5.10 Å². The number of aliphatic hydroxyl groups excluding tert-OH is 1. The number of hydrogen-bond donors (Lipinski definition) is 1. The monoisotopic (exact) mass is 305 g/mol. The van der Waals surface area contributed by atoms with Crippen LogP contribution >= 0.6 is 0 Å². The van der Waals surface area contributed by atoms with Crippen LogP contribution in [-0.4, -0.2) is 39.1 Å². The molecule has 2 rings (SSSR count). The van der Waals surface area contributed by atoms with Crippen molar-refractivity contribution in [2.75, 3.05) is 7.11 Å². The van der Waals surface area contributed by atoms with Crippen molar-refractivity contribution < 1.29 is 19.4 Å². The average molecular weight is 305 g/mol. The van der Waals surface area contributed by atoms with Gasteiger partial charge in [-0.25, -0.2) is 14.5 Å². The third kappa shape index (κ3) is 3.82. The Morgan fingerprint density at radius 1 is 1.36 bits per heavy atom. The van der Waals surface area contributed by atoms with E-state index >= 15 is 0 Å². The highest BCUT2D eigenvalue weighted by Crippen LogP contribution is 2.25. The van der Waals surface area contributed by atoms with Crippen LogP contribution in [0.25, 0.3) is 0 Å². The number of esters is 1. The number of nitrogens with zero attached hydrogens (tertiary/aromatic N) is 3. The average Bonchev–Trinajstić information content (AvgIpc) is 2.95. The van der Waals surface area contributed by atoms with Gasteiger partial charge in [0, 0.05) is 5.56 Å².